The first-order chi connectivity index (χ1) is 11.2. The minimum atomic E-state index is -0.317. The van der Waals surface area contributed by atoms with Crippen LogP contribution in [0.3, 0.4) is 0 Å². The average molecular weight is 379 g/mol. The Morgan fingerprint density at radius 1 is 1.09 bits per heavy atom. The molecule has 5 heteroatoms. The predicted octanol–water partition coefficient (Wildman–Crippen LogP) is 3.59. The van der Waals surface area contributed by atoms with Gasteiger partial charge in [0.1, 0.15) is 0 Å². The first-order valence-electron chi connectivity index (χ1n) is 7.72. The molecule has 2 aromatic carbocycles. The maximum atomic E-state index is 14.2. The summed E-state index contributed by atoms with van der Waals surface area (Å²) < 4.78 is 20.3. The van der Waals surface area contributed by atoms with Crippen molar-refractivity contribution in [3.05, 3.63) is 63.9 Å². The van der Waals surface area contributed by atoms with Crippen molar-refractivity contribution in [1.29, 1.82) is 0 Å². The standard InChI is InChI=1S/C18H20BrFN2O/c1-23-17-7-4-14(12-16(17)20)18(22-10-8-21-9-11-22)13-2-5-15(19)6-3-13/h2-7,12,18,21H,8-11H2,1H3. The van der Waals surface area contributed by atoms with Gasteiger partial charge in [-0.3, -0.25) is 4.90 Å². The number of nitrogens with one attached hydrogen (secondary N) is 1. The number of methoxy groups -OCH3 is 1. The number of piperazine rings is 1. The molecular weight excluding hydrogens is 359 g/mol. The highest BCUT2D eigenvalue weighted by Gasteiger charge is 2.24. The summed E-state index contributed by atoms with van der Waals surface area (Å²) in [5, 5.41) is 3.37. The van der Waals surface area contributed by atoms with E-state index < -0.39 is 0 Å². The van der Waals surface area contributed by atoms with E-state index >= 15 is 0 Å². The van der Waals surface area contributed by atoms with Gasteiger partial charge in [-0.2, -0.15) is 0 Å². The second-order valence-corrected chi connectivity index (χ2v) is 6.55. The number of hydrogen-bond acceptors (Lipinski definition) is 3. The van der Waals surface area contributed by atoms with Crippen molar-refractivity contribution in [2.75, 3.05) is 33.3 Å². The lowest BCUT2D eigenvalue weighted by molar-refractivity contribution is 0.198. The van der Waals surface area contributed by atoms with Crippen LogP contribution in [0, 0.1) is 5.82 Å². The summed E-state index contributed by atoms with van der Waals surface area (Å²) >= 11 is 3.48. The number of benzene rings is 2. The maximum Gasteiger partial charge on any atom is 0.165 e. The molecule has 1 unspecified atom stereocenters. The minimum Gasteiger partial charge on any atom is -0.494 e. The molecule has 23 heavy (non-hydrogen) atoms. The molecule has 0 spiro atoms. The van der Waals surface area contributed by atoms with Gasteiger partial charge in [0, 0.05) is 30.7 Å². The summed E-state index contributed by atoms with van der Waals surface area (Å²) in [5.41, 5.74) is 2.12. The van der Waals surface area contributed by atoms with Crippen LogP contribution in [0.1, 0.15) is 17.2 Å². The lowest BCUT2D eigenvalue weighted by Gasteiger charge is -2.35. The third-order valence-corrected chi connectivity index (χ3v) is 4.72. The fourth-order valence-corrected chi connectivity index (χ4v) is 3.32. The third-order valence-electron chi connectivity index (χ3n) is 4.19. The fourth-order valence-electron chi connectivity index (χ4n) is 3.05. The predicted molar refractivity (Wildman–Crippen MR) is 93.4 cm³/mol. The molecule has 3 rings (SSSR count). The number of hydrogen-bond donors (Lipinski definition) is 1. The van der Waals surface area contributed by atoms with Crippen LogP contribution in [0.25, 0.3) is 0 Å². The van der Waals surface area contributed by atoms with Crippen LogP contribution in [-0.2, 0) is 0 Å². The van der Waals surface area contributed by atoms with E-state index in [0.717, 1.165) is 36.2 Å². The Morgan fingerprint density at radius 3 is 2.35 bits per heavy atom. The van der Waals surface area contributed by atoms with E-state index in [-0.39, 0.29) is 17.6 Å². The van der Waals surface area contributed by atoms with Crippen LogP contribution >= 0.6 is 15.9 Å². The Kier molecular flexibility index (Phi) is 5.30. The van der Waals surface area contributed by atoms with E-state index in [1.807, 2.05) is 18.2 Å². The lowest BCUT2D eigenvalue weighted by Crippen LogP contribution is -2.45. The first kappa shape index (κ1) is 16.4. The van der Waals surface area contributed by atoms with E-state index in [0.29, 0.717) is 0 Å². The van der Waals surface area contributed by atoms with Crippen molar-refractivity contribution in [2.45, 2.75) is 6.04 Å². The van der Waals surface area contributed by atoms with Gasteiger partial charge in [0.25, 0.3) is 0 Å². The summed E-state index contributed by atoms with van der Waals surface area (Å²) in [6.45, 7) is 3.78. The molecule has 122 valence electrons. The SMILES string of the molecule is COc1ccc(C(c2ccc(Br)cc2)N2CCNCC2)cc1F. The van der Waals surface area contributed by atoms with E-state index in [4.69, 9.17) is 4.74 Å². The van der Waals surface area contributed by atoms with Crippen molar-refractivity contribution < 1.29 is 9.13 Å². The Bertz CT molecular complexity index is 657. The van der Waals surface area contributed by atoms with E-state index in [9.17, 15) is 4.39 Å². The molecule has 1 atom stereocenters. The van der Waals surface area contributed by atoms with Crippen LogP contribution in [0.5, 0.6) is 5.75 Å². The van der Waals surface area contributed by atoms with Gasteiger partial charge in [-0.25, -0.2) is 4.39 Å². The molecule has 2 aromatic rings. The molecule has 0 amide bonds. The second kappa shape index (κ2) is 7.43. The molecule has 0 aromatic heterocycles. The molecule has 1 fully saturated rings. The van der Waals surface area contributed by atoms with Crippen molar-refractivity contribution >= 4 is 15.9 Å². The highest BCUT2D eigenvalue weighted by Crippen LogP contribution is 2.32. The maximum absolute atomic E-state index is 14.2. The highest BCUT2D eigenvalue weighted by molar-refractivity contribution is 9.10. The Balaban J connectivity index is 2.00. The van der Waals surface area contributed by atoms with Gasteiger partial charge < -0.3 is 10.1 Å². The van der Waals surface area contributed by atoms with Crippen LogP contribution in [0.15, 0.2) is 46.9 Å². The van der Waals surface area contributed by atoms with E-state index in [1.54, 1.807) is 12.1 Å². The topological polar surface area (TPSA) is 24.5 Å². The average Bonchev–Trinajstić information content (AvgIpc) is 2.58. The lowest BCUT2D eigenvalue weighted by atomic mass is 9.96. The van der Waals surface area contributed by atoms with Gasteiger partial charge in [0.2, 0.25) is 0 Å². The smallest absolute Gasteiger partial charge is 0.165 e. The van der Waals surface area contributed by atoms with Gasteiger partial charge in [0.15, 0.2) is 11.6 Å². The molecule has 1 heterocycles. The van der Waals surface area contributed by atoms with Crippen molar-refractivity contribution in [2.24, 2.45) is 0 Å². The van der Waals surface area contributed by atoms with Crippen molar-refractivity contribution in [1.82, 2.24) is 10.2 Å². The first-order valence-corrected chi connectivity index (χ1v) is 8.52. The molecule has 1 saturated heterocycles. The van der Waals surface area contributed by atoms with Crippen molar-refractivity contribution in [3.63, 3.8) is 0 Å². The Morgan fingerprint density at radius 2 is 1.74 bits per heavy atom. The minimum absolute atomic E-state index is 0.0469. The molecule has 3 nitrogen and oxygen atoms in total. The van der Waals surface area contributed by atoms with Crippen molar-refractivity contribution in [3.8, 4) is 5.75 Å². The summed E-state index contributed by atoms with van der Waals surface area (Å²) in [6.07, 6.45) is 0. The zero-order valence-electron chi connectivity index (χ0n) is 13.1. The van der Waals surface area contributed by atoms with Crippen LogP contribution in [0.4, 0.5) is 4.39 Å². The normalized spacial score (nSPS) is 17.0. The molecular formula is C18H20BrFN2O. The quantitative estimate of drug-likeness (QED) is 0.879. The Hall–Kier alpha value is -1.43. The van der Waals surface area contributed by atoms with Gasteiger partial charge in [-0.05, 0) is 35.4 Å². The van der Waals surface area contributed by atoms with Gasteiger partial charge in [0.05, 0.1) is 13.2 Å². The monoisotopic (exact) mass is 378 g/mol. The fraction of sp³-hybridized carbons (Fsp3) is 0.333. The summed E-state index contributed by atoms with van der Waals surface area (Å²) in [7, 11) is 1.49. The van der Waals surface area contributed by atoms with Gasteiger partial charge in [-0.1, -0.05) is 34.1 Å². The van der Waals surface area contributed by atoms with E-state index in [2.05, 4.69) is 38.3 Å². The largest absolute Gasteiger partial charge is 0.494 e. The molecule has 0 radical (unpaired) electrons. The van der Waals surface area contributed by atoms with Crippen LogP contribution in [0.2, 0.25) is 0 Å². The highest BCUT2D eigenvalue weighted by atomic mass is 79.9. The summed E-state index contributed by atoms with van der Waals surface area (Å²) in [4.78, 5) is 2.39. The Labute approximate surface area is 144 Å². The zero-order valence-corrected chi connectivity index (χ0v) is 14.6. The zero-order chi connectivity index (χ0) is 16.2. The number of nitrogens with zero attached hydrogens (tertiary/aromatic N) is 1. The summed E-state index contributed by atoms with van der Waals surface area (Å²) in [6, 6.07) is 13.6. The molecule has 0 saturated carbocycles. The number of rotatable bonds is 4. The van der Waals surface area contributed by atoms with Gasteiger partial charge >= 0.3 is 0 Å². The number of ether oxygens (including phenoxy) is 1. The molecule has 1 N–H and O–H groups in total. The number of halogens is 2. The van der Waals surface area contributed by atoms with Gasteiger partial charge in [-0.15, -0.1) is 0 Å². The van der Waals surface area contributed by atoms with E-state index in [1.165, 1.54) is 12.7 Å². The van der Waals surface area contributed by atoms with Crippen LogP contribution < -0.4 is 10.1 Å². The summed E-state index contributed by atoms with van der Waals surface area (Å²) in [5.74, 6) is -0.0362. The van der Waals surface area contributed by atoms with Crippen LogP contribution in [-0.4, -0.2) is 38.2 Å². The third kappa shape index (κ3) is 3.74. The molecule has 0 aliphatic carbocycles. The molecule has 0 bridgehead atoms. The molecule has 1 aliphatic heterocycles. The molecule has 1 aliphatic rings. The second-order valence-electron chi connectivity index (χ2n) is 5.63.